The van der Waals surface area contributed by atoms with E-state index in [2.05, 4.69) is 36.0 Å². The van der Waals surface area contributed by atoms with Gasteiger partial charge in [0.05, 0.1) is 0 Å². The molecule has 9 nitrogen and oxygen atoms in total. The van der Waals surface area contributed by atoms with Crippen LogP contribution in [0.2, 0.25) is 0 Å². The largest absolute Gasteiger partial charge is 0.340 e. The van der Waals surface area contributed by atoms with Crippen molar-refractivity contribution >= 4 is 34.7 Å². The van der Waals surface area contributed by atoms with E-state index in [1.807, 2.05) is 43.3 Å². The first-order valence-corrected chi connectivity index (χ1v) is 9.75. The zero-order valence-corrected chi connectivity index (χ0v) is 17.1. The van der Waals surface area contributed by atoms with Crippen molar-refractivity contribution in [3.05, 3.63) is 79.0 Å². The Bertz CT molecular complexity index is 1160. The molecule has 0 saturated carbocycles. The van der Waals surface area contributed by atoms with E-state index in [-0.39, 0.29) is 5.91 Å². The standard InChI is InChI=1S/C22H22N8O/c1-15-8-10-23-19(12-15)29-21-13-20(24-14-25-21)27-17-4-6-18(7-5-17)28-22(31)16(2)30-11-3-9-26-30/h3-14,16H,1-2H3,(H,28,31)(H2,23,24,25,27,29). The third kappa shape index (κ3) is 5.21. The van der Waals surface area contributed by atoms with Crippen LogP contribution in [0, 0.1) is 6.92 Å². The van der Waals surface area contributed by atoms with Crippen molar-refractivity contribution in [1.82, 2.24) is 24.7 Å². The quantitative estimate of drug-likeness (QED) is 0.418. The van der Waals surface area contributed by atoms with Crippen LogP contribution in [-0.2, 0) is 4.79 Å². The van der Waals surface area contributed by atoms with Crippen LogP contribution in [0.5, 0.6) is 0 Å². The molecule has 9 heteroatoms. The Morgan fingerprint density at radius 1 is 0.903 bits per heavy atom. The van der Waals surface area contributed by atoms with E-state index >= 15 is 0 Å². The summed E-state index contributed by atoms with van der Waals surface area (Å²) in [5.41, 5.74) is 2.64. The summed E-state index contributed by atoms with van der Waals surface area (Å²) in [5, 5.41) is 13.4. The fourth-order valence-electron chi connectivity index (χ4n) is 2.89. The first kappa shape index (κ1) is 20.0. The Hall–Kier alpha value is -4.27. The smallest absolute Gasteiger partial charge is 0.248 e. The molecule has 0 aliphatic rings. The molecule has 3 aromatic heterocycles. The number of carbonyl (C=O) groups is 1. The van der Waals surface area contributed by atoms with Gasteiger partial charge >= 0.3 is 0 Å². The Labute approximate surface area is 179 Å². The lowest BCUT2D eigenvalue weighted by atomic mass is 10.2. The molecule has 31 heavy (non-hydrogen) atoms. The van der Waals surface area contributed by atoms with Crippen LogP contribution >= 0.6 is 0 Å². The van der Waals surface area contributed by atoms with Gasteiger partial charge in [-0.25, -0.2) is 15.0 Å². The summed E-state index contributed by atoms with van der Waals surface area (Å²) in [4.78, 5) is 25.1. The van der Waals surface area contributed by atoms with Crippen LogP contribution in [0.1, 0.15) is 18.5 Å². The highest BCUT2D eigenvalue weighted by molar-refractivity contribution is 5.93. The fourth-order valence-corrected chi connectivity index (χ4v) is 2.89. The van der Waals surface area contributed by atoms with Crippen LogP contribution in [-0.4, -0.2) is 30.6 Å². The predicted octanol–water partition coefficient (Wildman–Crippen LogP) is 4.06. The SMILES string of the molecule is Cc1ccnc(Nc2cc(Nc3ccc(NC(=O)C(C)n4cccn4)cc3)ncn2)c1. The summed E-state index contributed by atoms with van der Waals surface area (Å²) in [6.45, 7) is 3.80. The molecule has 0 radical (unpaired) electrons. The van der Waals surface area contributed by atoms with Crippen LogP contribution in [0.3, 0.4) is 0 Å². The molecule has 0 spiro atoms. The number of benzene rings is 1. The minimum Gasteiger partial charge on any atom is -0.340 e. The van der Waals surface area contributed by atoms with E-state index in [9.17, 15) is 4.79 Å². The number of hydrogen-bond donors (Lipinski definition) is 3. The van der Waals surface area contributed by atoms with Gasteiger partial charge in [-0.05, 0) is 61.9 Å². The van der Waals surface area contributed by atoms with Crippen molar-refractivity contribution in [3.63, 3.8) is 0 Å². The molecule has 1 aromatic carbocycles. The lowest BCUT2D eigenvalue weighted by Crippen LogP contribution is -2.23. The molecular weight excluding hydrogens is 392 g/mol. The summed E-state index contributed by atoms with van der Waals surface area (Å²) in [6, 6.07) is 14.4. The Balaban J connectivity index is 1.38. The average molecular weight is 414 g/mol. The molecule has 3 heterocycles. The Kier molecular flexibility index (Phi) is 5.84. The molecule has 0 saturated heterocycles. The van der Waals surface area contributed by atoms with Crippen LogP contribution < -0.4 is 16.0 Å². The average Bonchev–Trinajstić information content (AvgIpc) is 3.30. The number of anilines is 5. The highest BCUT2D eigenvalue weighted by atomic mass is 16.2. The molecule has 1 amide bonds. The first-order chi connectivity index (χ1) is 15.1. The summed E-state index contributed by atoms with van der Waals surface area (Å²) in [7, 11) is 0. The van der Waals surface area contributed by atoms with Gasteiger partial charge in [0.15, 0.2) is 0 Å². The maximum Gasteiger partial charge on any atom is 0.248 e. The van der Waals surface area contributed by atoms with E-state index < -0.39 is 6.04 Å². The molecule has 0 fully saturated rings. The fraction of sp³-hybridized carbons (Fsp3) is 0.136. The second-order valence-electron chi connectivity index (χ2n) is 6.99. The monoisotopic (exact) mass is 414 g/mol. The van der Waals surface area contributed by atoms with E-state index in [1.54, 1.807) is 42.3 Å². The number of aromatic nitrogens is 5. The van der Waals surface area contributed by atoms with Crippen molar-refractivity contribution in [2.45, 2.75) is 19.9 Å². The normalized spacial score (nSPS) is 11.5. The zero-order valence-electron chi connectivity index (χ0n) is 17.1. The summed E-state index contributed by atoms with van der Waals surface area (Å²) in [5.74, 6) is 1.84. The number of nitrogens with zero attached hydrogens (tertiary/aromatic N) is 5. The van der Waals surface area contributed by atoms with Gasteiger partial charge < -0.3 is 16.0 Å². The number of nitrogens with one attached hydrogen (secondary N) is 3. The van der Waals surface area contributed by atoms with Crippen molar-refractivity contribution in [1.29, 1.82) is 0 Å². The zero-order chi connectivity index (χ0) is 21.6. The van der Waals surface area contributed by atoms with Gasteiger partial charge in [-0.1, -0.05) is 0 Å². The minimum atomic E-state index is -0.400. The highest BCUT2D eigenvalue weighted by Crippen LogP contribution is 2.21. The van der Waals surface area contributed by atoms with Gasteiger partial charge in [-0.3, -0.25) is 9.48 Å². The van der Waals surface area contributed by atoms with Gasteiger partial charge in [-0.2, -0.15) is 5.10 Å². The van der Waals surface area contributed by atoms with Gasteiger partial charge in [0.2, 0.25) is 5.91 Å². The molecule has 4 rings (SSSR count). The third-order valence-corrected chi connectivity index (χ3v) is 4.56. The van der Waals surface area contributed by atoms with Crippen molar-refractivity contribution < 1.29 is 4.79 Å². The van der Waals surface area contributed by atoms with E-state index in [0.29, 0.717) is 23.1 Å². The van der Waals surface area contributed by atoms with Gasteiger partial charge in [0.1, 0.15) is 29.8 Å². The maximum absolute atomic E-state index is 12.4. The molecule has 156 valence electrons. The second-order valence-corrected chi connectivity index (χ2v) is 6.99. The predicted molar refractivity (Wildman–Crippen MR) is 120 cm³/mol. The molecule has 1 atom stereocenters. The highest BCUT2D eigenvalue weighted by Gasteiger charge is 2.14. The summed E-state index contributed by atoms with van der Waals surface area (Å²) >= 11 is 0. The first-order valence-electron chi connectivity index (χ1n) is 9.75. The number of pyridine rings is 1. The lowest BCUT2D eigenvalue weighted by molar-refractivity contribution is -0.119. The number of hydrogen-bond acceptors (Lipinski definition) is 7. The summed E-state index contributed by atoms with van der Waals surface area (Å²) in [6.07, 6.45) is 6.63. The number of carbonyl (C=O) groups excluding carboxylic acids is 1. The van der Waals surface area contributed by atoms with Crippen molar-refractivity contribution in [2.75, 3.05) is 16.0 Å². The molecule has 4 aromatic rings. The number of aryl methyl sites for hydroxylation is 1. The molecule has 0 bridgehead atoms. The van der Waals surface area contributed by atoms with Crippen molar-refractivity contribution in [3.8, 4) is 0 Å². The van der Waals surface area contributed by atoms with E-state index in [1.165, 1.54) is 6.33 Å². The van der Waals surface area contributed by atoms with Gasteiger partial charge in [-0.15, -0.1) is 0 Å². The van der Waals surface area contributed by atoms with Gasteiger partial charge in [0, 0.05) is 36.0 Å². The Morgan fingerprint density at radius 3 is 2.32 bits per heavy atom. The minimum absolute atomic E-state index is 0.138. The number of rotatable bonds is 7. The molecule has 1 unspecified atom stereocenters. The second kappa shape index (κ2) is 9.04. The maximum atomic E-state index is 12.4. The van der Waals surface area contributed by atoms with Crippen LogP contribution in [0.4, 0.5) is 28.8 Å². The van der Waals surface area contributed by atoms with Gasteiger partial charge in [0.25, 0.3) is 0 Å². The molecular formula is C22H22N8O. The van der Waals surface area contributed by atoms with E-state index in [4.69, 9.17) is 0 Å². The van der Waals surface area contributed by atoms with Crippen LogP contribution in [0.25, 0.3) is 0 Å². The molecule has 0 aliphatic heterocycles. The Morgan fingerprint density at radius 2 is 1.61 bits per heavy atom. The molecule has 0 aliphatic carbocycles. The van der Waals surface area contributed by atoms with Crippen molar-refractivity contribution in [2.24, 2.45) is 0 Å². The molecule has 3 N–H and O–H groups in total. The van der Waals surface area contributed by atoms with Crippen LogP contribution in [0.15, 0.2) is 73.4 Å². The lowest BCUT2D eigenvalue weighted by Gasteiger charge is -2.13. The number of amides is 1. The third-order valence-electron chi connectivity index (χ3n) is 4.56. The van der Waals surface area contributed by atoms with E-state index in [0.717, 1.165) is 11.3 Å². The summed E-state index contributed by atoms with van der Waals surface area (Å²) < 4.78 is 1.61. The topological polar surface area (TPSA) is 110 Å².